The molecule has 38 heavy (non-hydrogen) atoms. The number of cyclic esters (lactones) is 1. The Morgan fingerprint density at radius 3 is 2.42 bits per heavy atom. The maximum atomic E-state index is 13.7. The summed E-state index contributed by atoms with van der Waals surface area (Å²) in [6.07, 6.45) is -3.96. The molecule has 1 atom stereocenters. The van der Waals surface area contributed by atoms with E-state index in [2.05, 4.69) is 0 Å². The third kappa shape index (κ3) is 4.25. The molecular formula is C26H22F3N3O6. The van der Waals surface area contributed by atoms with Gasteiger partial charge in [-0.05, 0) is 61.2 Å². The third-order valence-corrected chi connectivity index (χ3v) is 6.67. The summed E-state index contributed by atoms with van der Waals surface area (Å²) in [6.45, 7) is 2.13. The van der Waals surface area contributed by atoms with Crippen molar-refractivity contribution in [3.05, 3.63) is 91.8 Å². The van der Waals surface area contributed by atoms with Crippen LogP contribution in [-0.4, -0.2) is 41.0 Å². The zero-order valence-electron chi connectivity index (χ0n) is 20.2. The number of amides is 1. The maximum Gasteiger partial charge on any atom is 0.416 e. The first-order chi connectivity index (χ1) is 18.1. The highest BCUT2D eigenvalue weighted by atomic mass is 19.4. The van der Waals surface area contributed by atoms with Gasteiger partial charge in [-0.1, -0.05) is 12.1 Å². The van der Waals surface area contributed by atoms with Gasteiger partial charge in [0.25, 0.3) is 5.56 Å². The van der Waals surface area contributed by atoms with Crippen LogP contribution in [0, 0.1) is 0 Å². The van der Waals surface area contributed by atoms with Crippen LogP contribution in [0.4, 0.5) is 23.7 Å². The molecule has 2 aliphatic rings. The molecule has 0 spiro atoms. The van der Waals surface area contributed by atoms with Crippen molar-refractivity contribution < 1.29 is 32.2 Å². The molecule has 2 heterocycles. The predicted molar refractivity (Wildman–Crippen MR) is 129 cm³/mol. The lowest BCUT2D eigenvalue weighted by atomic mass is 10.0. The molecule has 0 N–H and O–H groups in total. The molecule has 1 saturated heterocycles. The molecule has 12 heteroatoms. The average Bonchev–Trinajstić information content (AvgIpc) is 3.50. The van der Waals surface area contributed by atoms with Crippen molar-refractivity contribution in [1.29, 1.82) is 0 Å². The van der Waals surface area contributed by atoms with E-state index in [1.807, 2.05) is 0 Å². The first-order valence-corrected chi connectivity index (χ1v) is 11.9. The van der Waals surface area contributed by atoms with E-state index < -0.39 is 46.7 Å². The molecular weight excluding hydrogens is 507 g/mol. The molecule has 5 rings (SSSR count). The van der Waals surface area contributed by atoms with Crippen molar-refractivity contribution in [2.45, 2.75) is 32.0 Å². The van der Waals surface area contributed by atoms with Crippen LogP contribution in [0.25, 0.3) is 5.69 Å². The zero-order valence-corrected chi connectivity index (χ0v) is 20.2. The number of hydrogen-bond donors (Lipinski definition) is 0. The lowest BCUT2D eigenvalue weighted by Crippen LogP contribution is -2.44. The second-order valence-electron chi connectivity index (χ2n) is 8.80. The Bertz CT molecular complexity index is 1540. The summed E-state index contributed by atoms with van der Waals surface area (Å²) in [6, 6.07) is 8.86. The maximum absolute atomic E-state index is 13.7. The van der Waals surface area contributed by atoms with Crippen molar-refractivity contribution in [1.82, 2.24) is 9.13 Å². The van der Waals surface area contributed by atoms with Gasteiger partial charge in [0, 0.05) is 11.9 Å². The van der Waals surface area contributed by atoms with Gasteiger partial charge >= 0.3 is 23.9 Å². The van der Waals surface area contributed by atoms with Crippen LogP contribution in [0.1, 0.15) is 46.4 Å². The van der Waals surface area contributed by atoms with E-state index in [0.717, 1.165) is 21.4 Å². The molecule has 0 unspecified atom stereocenters. The van der Waals surface area contributed by atoms with Gasteiger partial charge in [0.1, 0.15) is 12.2 Å². The fourth-order valence-electron chi connectivity index (χ4n) is 4.97. The number of carbonyl (C=O) groups is 2. The lowest BCUT2D eigenvalue weighted by molar-refractivity contribution is -0.138. The Labute approximate surface area is 213 Å². The van der Waals surface area contributed by atoms with Crippen LogP contribution in [0.3, 0.4) is 0 Å². The van der Waals surface area contributed by atoms with E-state index in [0.29, 0.717) is 12.2 Å². The summed E-state index contributed by atoms with van der Waals surface area (Å²) in [5.41, 5.74) is -2.01. The number of rotatable bonds is 5. The number of aromatic nitrogens is 2. The molecule has 2 aromatic carbocycles. The van der Waals surface area contributed by atoms with Crippen LogP contribution >= 0.6 is 0 Å². The number of nitrogens with zero attached hydrogens (tertiary/aromatic N) is 3. The van der Waals surface area contributed by atoms with Crippen molar-refractivity contribution in [3.8, 4) is 5.69 Å². The molecule has 0 radical (unpaired) electrons. The van der Waals surface area contributed by atoms with Gasteiger partial charge in [-0.3, -0.25) is 18.8 Å². The number of esters is 1. The molecule has 198 valence electrons. The van der Waals surface area contributed by atoms with Gasteiger partial charge in [0.15, 0.2) is 0 Å². The standard InChI is InChI=1S/C26H22F3N3O6/c1-2-37-23(34)19-14-31(16-8-6-15(7-9-16)30-12-13-38-25(30)36)24(35)32(22(19)33)21-11-10-17-18(21)4-3-5-20(17)26(27,28)29/h3-9,14,21H,2,10-13H2,1H3/t21-/m1/s1. The molecule has 1 aliphatic heterocycles. The highest BCUT2D eigenvalue weighted by molar-refractivity contribution is 5.89. The fraction of sp³-hybridized carbons (Fsp3) is 0.308. The third-order valence-electron chi connectivity index (χ3n) is 6.67. The molecule has 9 nitrogen and oxygen atoms in total. The van der Waals surface area contributed by atoms with E-state index in [9.17, 15) is 32.3 Å². The predicted octanol–water partition coefficient (Wildman–Crippen LogP) is 3.69. The second-order valence-corrected chi connectivity index (χ2v) is 8.80. The lowest BCUT2D eigenvalue weighted by Gasteiger charge is -2.19. The van der Waals surface area contributed by atoms with E-state index in [1.54, 1.807) is 19.1 Å². The van der Waals surface area contributed by atoms with Gasteiger partial charge < -0.3 is 9.47 Å². The minimum absolute atomic E-state index is 0.00578. The summed E-state index contributed by atoms with van der Waals surface area (Å²) in [5.74, 6) is -0.960. The van der Waals surface area contributed by atoms with Crippen molar-refractivity contribution in [2.75, 3.05) is 24.7 Å². The van der Waals surface area contributed by atoms with Crippen LogP contribution in [0.5, 0.6) is 0 Å². The summed E-state index contributed by atoms with van der Waals surface area (Å²) in [7, 11) is 0. The van der Waals surface area contributed by atoms with E-state index >= 15 is 0 Å². The average molecular weight is 529 g/mol. The first kappa shape index (κ1) is 25.3. The molecule has 0 saturated carbocycles. The van der Waals surface area contributed by atoms with E-state index in [1.165, 1.54) is 29.2 Å². The summed E-state index contributed by atoms with van der Waals surface area (Å²) >= 11 is 0. The normalized spacial score (nSPS) is 16.9. The van der Waals surface area contributed by atoms with Crippen LogP contribution < -0.4 is 16.1 Å². The number of halogens is 3. The molecule has 1 aromatic heterocycles. The number of carbonyl (C=O) groups excluding carboxylic acids is 2. The molecule has 1 aliphatic carbocycles. The largest absolute Gasteiger partial charge is 0.462 e. The topological polar surface area (TPSA) is 99.8 Å². The molecule has 3 aromatic rings. The summed E-state index contributed by atoms with van der Waals surface area (Å²) < 4.78 is 52.7. The van der Waals surface area contributed by atoms with Gasteiger partial charge in [-0.15, -0.1) is 0 Å². The number of alkyl halides is 3. The quantitative estimate of drug-likeness (QED) is 0.468. The minimum Gasteiger partial charge on any atom is -0.462 e. The first-order valence-electron chi connectivity index (χ1n) is 11.9. The summed E-state index contributed by atoms with van der Waals surface area (Å²) in [4.78, 5) is 53.0. The highest BCUT2D eigenvalue weighted by Crippen LogP contribution is 2.41. The SMILES string of the molecule is CCOC(=O)c1cn(-c2ccc(N3CCOC3=O)cc2)c(=O)n([C@@H]2CCc3c2cccc3C(F)(F)F)c1=O. The Kier molecular flexibility index (Phi) is 6.33. The monoisotopic (exact) mass is 529 g/mol. The molecule has 1 fully saturated rings. The van der Waals surface area contributed by atoms with E-state index in [4.69, 9.17) is 9.47 Å². The Hall–Kier alpha value is -4.35. The Morgan fingerprint density at radius 1 is 1.08 bits per heavy atom. The number of ether oxygens (including phenoxy) is 2. The van der Waals surface area contributed by atoms with Crippen LogP contribution in [-0.2, 0) is 22.1 Å². The minimum atomic E-state index is -4.60. The van der Waals surface area contributed by atoms with Crippen LogP contribution in [0.15, 0.2) is 58.3 Å². The van der Waals surface area contributed by atoms with Crippen molar-refractivity contribution >= 4 is 17.7 Å². The Morgan fingerprint density at radius 2 is 1.79 bits per heavy atom. The molecule has 1 amide bonds. The molecule has 0 bridgehead atoms. The van der Waals surface area contributed by atoms with Gasteiger partial charge in [-0.25, -0.2) is 14.4 Å². The highest BCUT2D eigenvalue weighted by Gasteiger charge is 2.38. The number of benzene rings is 2. The number of anilines is 1. The van der Waals surface area contributed by atoms with E-state index in [-0.39, 0.29) is 42.9 Å². The van der Waals surface area contributed by atoms with Crippen molar-refractivity contribution in [2.24, 2.45) is 0 Å². The number of hydrogen-bond acceptors (Lipinski definition) is 6. The second kappa shape index (κ2) is 9.51. The van der Waals surface area contributed by atoms with Gasteiger partial charge in [0.2, 0.25) is 0 Å². The van der Waals surface area contributed by atoms with Crippen LogP contribution in [0.2, 0.25) is 0 Å². The smallest absolute Gasteiger partial charge is 0.416 e. The zero-order chi connectivity index (χ0) is 27.2. The van der Waals surface area contributed by atoms with Gasteiger partial charge in [-0.2, -0.15) is 13.2 Å². The Balaban J connectivity index is 1.66. The number of fused-ring (bicyclic) bond motifs is 1. The van der Waals surface area contributed by atoms with Gasteiger partial charge in [0.05, 0.1) is 30.4 Å². The fourth-order valence-corrected chi connectivity index (χ4v) is 4.97. The van der Waals surface area contributed by atoms with Crippen molar-refractivity contribution in [3.63, 3.8) is 0 Å². The summed E-state index contributed by atoms with van der Waals surface area (Å²) in [5, 5.41) is 0.